The van der Waals surface area contributed by atoms with Gasteiger partial charge in [0.15, 0.2) is 0 Å². The summed E-state index contributed by atoms with van der Waals surface area (Å²) in [7, 11) is 0. The number of fused-ring (bicyclic) bond motifs is 2. The quantitative estimate of drug-likeness (QED) is 0.818. The normalized spacial score (nSPS) is 28.4. The van der Waals surface area contributed by atoms with Gasteiger partial charge in [0.1, 0.15) is 11.6 Å². The summed E-state index contributed by atoms with van der Waals surface area (Å²) in [6.45, 7) is 3.93. The van der Waals surface area contributed by atoms with E-state index in [1.807, 2.05) is 12.1 Å². The third-order valence-corrected chi connectivity index (χ3v) is 4.97. The molecule has 3 heteroatoms. The summed E-state index contributed by atoms with van der Waals surface area (Å²) in [4.78, 5) is 14.3. The van der Waals surface area contributed by atoms with Gasteiger partial charge in [-0.1, -0.05) is 18.6 Å². The number of carbonyl (C=O) groups is 1. The highest BCUT2D eigenvalue weighted by atomic mass is 19.1. The minimum absolute atomic E-state index is 0.132. The van der Waals surface area contributed by atoms with E-state index in [0.717, 1.165) is 18.4 Å². The Balaban J connectivity index is 1.87. The molecule has 0 aromatic heterocycles. The number of aryl methyl sites for hydroxylation is 1. The lowest BCUT2D eigenvalue weighted by Gasteiger charge is -2.48. The molecular formula is C17H22FNO. The molecule has 0 radical (unpaired) electrons. The first-order valence-corrected chi connectivity index (χ1v) is 7.61. The highest BCUT2D eigenvalue weighted by Gasteiger charge is 2.40. The van der Waals surface area contributed by atoms with Crippen molar-refractivity contribution in [2.24, 2.45) is 0 Å². The average molecular weight is 275 g/mol. The molecule has 2 fully saturated rings. The number of piperidine rings is 2. The van der Waals surface area contributed by atoms with Crippen LogP contribution in [0.1, 0.15) is 56.2 Å². The Morgan fingerprint density at radius 2 is 1.90 bits per heavy atom. The molecule has 3 unspecified atom stereocenters. The van der Waals surface area contributed by atoms with Crippen LogP contribution in [0.2, 0.25) is 0 Å². The number of carbonyl (C=O) groups excluding carboxylic acids is 1. The smallest absolute Gasteiger partial charge is 0.136 e. The number of benzene rings is 1. The van der Waals surface area contributed by atoms with Crippen molar-refractivity contribution < 1.29 is 9.18 Å². The number of nitrogens with zero attached hydrogens (tertiary/aromatic N) is 1. The van der Waals surface area contributed by atoms with E-state index < -0.39 is 0 Å². The van der Waals surface area contributed by atoms with Crippen molar-refractivity contribution in [3.63, 3.8) is 0 Å². The SMILES string of the molecule is Cc1ccc(C(C)N2C3CCCC2CC(=O)C3)cc1F. The van der Waals surface area contributed by atoms with E-state index >= 15 is 0 Å². The van der Waals surface area contributed by atoms with Crippen molar-refractivity contribution in [1.29, 1.82) is 0 Å². The maximum Gasteiger partial charge on any atom is 0.136 e. The summed E-state index contributed by atoms with van der Waals surface area (Å²) in [5.74, 6) is 0.269. The van der Waals surface area contributed by atoms with E-state index in [9.17, 15) is 9.18 Å². The molecule has 0 spiro atoms. The molecule has 0 amide bonds. The molecule has 2 aliphatic rings. The van der Waals surface area contributed by atoms with Crippen molar-refractivity contribution in [2.45, 2.75) is 64.1 Å². The highest BCUT2D eigenvalue weighted by Crippen LogP contribution is 2.38. The van der Waals surface area contributed by atoms with Gasteiger partial charge in [0.25, 0.3) is 0 Å². The number of Topliss-reactive ketones (excluding diaryl/α,β-unsaturated/α-hetero) is 1. The maximum atomic E-state index is 13.8. The molecule has 3 rings (SSSR count). The molecule has 1 aromatic carbocycles. The zero-order chi connectivity index (χ0) is 14.3. The fraction of sp³-hybridized carbons (Fsp3) is 0.588. The third kappa shape index (κ3) is 2.39. The van der Waals surface area contributed by atoms with E-state index in [4.69, 9.17) is 0 Å². The van der Waals surface area contributed by atoms with Crippen LogP contribution in [0, 0.1) is 12.7 Å². The van der Waals surface area contributed by atoms with Gasteiger partial charge in [0.2, 0.25) is 0 Å². The van der Waals surface area contributed by atoms with Crippen molar-refractivity contribution in [3.8, 4) is 0 Å². The Hall–Kier alpha value is -1.22. The maximum absolute atomic E-state index is 13.8. The second-order valence-electron chi connectivity index (χ2n) is 6.32. The summed E-state index contributed by atoms with van der Waals surface area (Å²) in [6.07, 6.45) is 4.76. The molecule has 2 saturated heterocycles. The molecule has 108 valence electrons. The zero-order valence-electron chi connectivity index (χ0n) is 12.2. The van der Waals surface area contributed by atoms with Gasteiger partial charge in [-0.05, 0) is 43.9 Å². The van der Waals surface area contributed by atoms with Gasteiger partial charge in [0.05, 0.1) is 0 Å². The van der Waals surface area contributed by atoms with Crippen LogP contribution in [0.5, 0.6) is 0 Å². The van der Waals surface area contributed by atoms with Crippen molar-refractivity contribution >= 4 is 5.78 Å². The fourth-order valence-corrected chi connectivity index (χ4v) is 3.88. The second kappa shape index (κ2) is 5.28. The second-order valence-corrected chi connectivity index (χ2v) is 6.32. The van der Waals surface area contributed by atoms with Crippen LogP contribution in [0.3, 0.4) is 0 Å². The standard InChI is InChI=1S/C17H22FNO/c1-11-6-7-13(8-17(11)18)12(2)19-14-4-3-5-15(19)10-16(20)9-14/h6-8,12,14-15H,3-5,9-10H2,1-2H3. The molecule has 1 aromatic rings. The number of ketones is 1. The van der Waals surface area contributed by atoms with E-state index in [0.29, 0.717) is 36.3 Å². The molecule has 2 bridgehead atoms. The topological polar surface area (TPSA) is 20.3 Å². The molecular weight excluding hydrogens is 253 g/mol. The lowest BCUT2D eigenvalue weighted by Crippen LogP contribution is -2.53. The van der Waals surface area contributed by atoms with Crippen LogP contribution in [0.4, 0.5) is 4.39 Å². The average Bonchev–Trinajstić information content (AvgIpc) is 2.40. The minimum Gasteiger partial charge on any atom is -0.300 e. The van der Waals surface area contributed by atoms with Crippen LogP contribution in [0.25, 0.3) is 0 Å². The first kappa shape index (κ1) is 13.7. The molecule has 2 heterocycles. The largest absolute Gasteiger partial charge is 0.300 e. The van der Waals surface area contributed by atoms with Crippen LogP contribution in [0.15, 0.2) is 18.2 Å². The Kier molecular flexibility index (Phi) is 3.63. The van der Waals surface area contributed by atoms with E-state index in [2.05, 4.69) is 11.8 Å². The van der Waals surface area contributed by atoms with E-state index in [-0.39, 0.29) is 11.9 Å². The summed E-state index contributed by atoms with van der Waals surface area (Å²) in [6, 6.07) is 6.44. The van der Waals surface area contributed by atoms with Crippen LogP contribution >= 0.6 is 0 Å². The summed E-state index contributed by atoms with van der Waals surface area (Å²) < 4.78 is 13.8. The van der Waals surface area contributed by atoms with Gasteiger partial charge in [-0.2, -0.15) is 0 Å². The highest BCUT2D eigenvalue weighted by molar-refractivity contribution is 5.80. The third-order valence-electron chi connectivity index (χ3n) is 4.97. The molecule has 20 heavy (non-hydrogen) atoms. The van der Waals surface area contributed by atoms with Gasteiger partial charge in [0, 0.05) is 31.0 Å². The summed E-state index contributed by atoms with van der Waals surface area (Å²) >= 11 is 0. The predicted molar refractivity (Wildman–Crippen MR) is 77.1 cm³/mol. The van der Waals surface area contributed by atoms with Gasteiger partial charge < -0.3 is 0 Å². The van der Waals surface area contributed by atoms with Crippen LogP contribution < -0.4 is 0 Å². The number of hydrogen-bond acceptors (Lipinski definition) is 2. The monoisotopic (exact) mass is 275 g/mol. The Bertz CT molecular complexity index is 512. The van der Waals surface area contributed by atoms with Crippen LogP contribution in [-0.4, -0.2) is 22.8 Å². The van der Waals surface area contributed by atoms with E-state index in [1.165, 1.54) is 6.42 Å². The minimum atomic E-state index is -0.132. The van der Waals surface area contributed by atoms with Crippen LogP contribution in [-0.2, 0) is 4.79 Å². The summed E-state index contributed by atoms with van der Waals surface area (Å²) in [5, 5.41) is 0. The summed E-state index contributed by atoms with van der Waals surface area (Å²) in [5.41, 5.74) is 1.72. The number of hydrogen-bond donors (Lipinski definition) is 0. The first-order valence-electron chi connectivity index (χ1n) is 7.61. The first-order chi connectivity index (χ1) is 9.56. The van der Waals surface area contributed by atoms with E-state index in [1.54, 1.807) is 13.0 Å². The lowest BCUT2D eigenvalue weighted by atomic mass is 9.82. The number of halogens is 1. The zero-order valence-corrected chi connectivity index (χ0v) is 12.2. The number of rotatable bonds is 2. The van der Waals surface area contributed by atoms with Crippen molar-refractivity contribution in [1.82, 2.24) is 4.90 Å². The Morgan fingerprint density at radius 3 is 2.50 bits per heavy atom. The Labute approximate surface area is 120 Å². The molecule has 0 aliphatic carbocycles. The van der Waals surface area contributed by atoms with Gasteiger partial charge >= 0.3 is 0 Å². The lowest BCUT2D eigenvalue weighted by molar-refractivity contribution is -0.128. The molecule has 3 atom stereocenters. The fourth-order valence-electron chi connectivity index (χ4n) is 3.88. The molecule has 0 saturated carbocycles. The van der Waals surface area contributed by atoms with Gasteiger partial charge in [-0.25, -0.2) is 4.39 Å². The van der Waals surface area contributed by atoms with Gasteiger partial charge in [-0.3, -0.25) is 9.69 Å². The van der Waals surface area contributed by atoms with Crippen molar-refractivity contribution in [2.75, 3.05) is 0 Å². The molecule has 2 aliphatic heterocycles. The molecule has 2 nitrogen and oxygen atoms in total. The molecule has 0 N–H and O–H groups in total. The Morgan fingerprint density at radius 1 is 1.25 bits per heavy atom. The van der Waals surface area contributed by atoms with Crippen molar-refractivity contribution in [3.05, 3.63) is 35.1 Å². The predicted octanol–water partition coefficient (Wildman–Crippen LogP) is 3.78. The van der Waals surface area contributed by atoms with Gasteiger partial charge in [-0.15, -0.1) is 0 Å².